The third kappa shape index (κ3) is 5.26. The van der Waals surface area contributed by atoms with Crippen LogP contribution in [0.1, 0.15) is 32.3 Å². The Morgan fingerprint density at radius 3 is 2.21 bits per heavy atom. The number of aryl methyl sites for hydroxylation is 1. The lowest BCUT2D eigenvalue weighted by Gasteiger charge is -2.50. The number of carbonyl (C=O) groups is 2. The van der Waals surface area contributed by atoms with Gasteiger partial charge in [-0.05, 0) is 30.5 Å². The average molecular weight is 409 g/mol. The van der Waals surface area contributed by atoms with Crippen LogP contribution < -0.4 is 17.3 Å². The van der Waals surface area contributed by atoms with Crippen LogP contribution in [0, 0.1) is 11.8 Å². The van der Waals surface area contributed by atoms with Crippen LogP contribution in [0.25, 0.3) is 0 Å². The predicted molar refractivity (Wildman–Crippen MR) is 107 cm³/mol. The van der Waals surface area contributed by atoms with Crippen molar-refractivity contribution in [2.45, 2.75) is 33.1 Å². The Balaban J connectivity index is 0.00000280. The monoisotopic (exact) mass is 408 g/mol. The molecule has 1 aromatic carbocycles. The number of anilines is 1. The van der Waals surface area contributed by atoms with Gasteiger partial charge in [-0.2, -0.15) is 0 Å². The minimum Gasteiger partial charge on any atom is -1.00 e. The van der Waals surface area contributed by atoms with Gasteiger partial charge in [0.25, 0.3) is 0 Å². The largest absolute Gasteiger partial charge is 1.00 e. The van der Waals surface area contributed by atoms with Gasteiger partial charge in [0, 0.05) is 12.1 Å². The second-order valence-electron chi connectivity index (χ2n) is 8.44. The van der Waals surface area contributed by atoms with Crippen LogP contribution in [0.3, 0.4) is 0 Å². The molecule has 2 aliphatic rings. The van der Waals surface area contributed by atoms with Gasteiger partial charge < -0.3 is 26.5 Å². The lowest BCUT2D eigenvalue weighted by molar-refractivity contribution is -0.935. The highest BCUT2D eigenvalue weighted by molar-refractivity contribution is 5.83. The fourth-order valence-electron chi connectivity index (χ4n) is 4.83. The highest BCUT2D eigenvalue weighted by Crippen LogP contribution is 2.28. The Morgan fingerprint density at radius 2 is 1.68 bits per heavy atom. The van der Waals surface area contributed by atoms with Crippen molar-refractivity contribution in [2.75, 3.05) is 51.3 Å². The molecule has 2 unspecified atom stereocenters. The van der Waals surface area contributed by atoms with Crippen molar-refractivity contribution >= 4 is 17.4 Å². The lowest BCUT2D eigenvalue weighted by atomic mass is 9.87. The number of Topliss-reactive ketones (excluding diaryl/α,β-unsaturated/α-hetero) is 1. The number of esters is 1. The van der Waals surface area contributed by atoms with Gasteiger partial charge in [-0.3, -0.25) is 9.59 Å². The zero-order chi connectivity index (χ0) is 19.4. The quantitative estimate of drug-likeness (QED) is 0.495. The van der Waals surface area contributed by atoms with E-state index < -0.39 is 0 Å². The summed E-state index contributed by atoms with van der Waals surface area (Å²) < 4.78 is 5.79. The topological polar surface area (TPSA) is 46.6 Å². The maximum Gasteiger partial charge on any atom is 0.305 e. The molecule has 0 amide bonds. The van der Waals surface area contributed by atoms with Gasteiger partial charge in [-0.15, -0.1) is 0 Å². The van der Waals surface area contributed by atoms with Crippen molar-refractivity contribution in [3.63, 3.8) is 0 Å². The van der Waals surface area contributed by atoms with Gasteiger partial charge >= 0.3 is 5.97 Å². The van der Waals surface area contributed by atoms with Gasteiger partial charge in [0.2, 0.25) is 0 Å². The molecule has 5 nitrogen and oxygen atoms in total. The maximum absolute atomic E-state index is 12.2. The number of quaternary nitrogens is 1. The summed E-state index contributed by atoms with van der Waals surface area (Å²) in [5.41, 5.74) is 2.54. The number of hydrogen-bond acceptors (Lipinski definition) is 4. The van der Waals surface area contributed by atoms with E-state index in [2.05, 4.69) is 47.7 Å². The maximum atomic E-state index is 12.2. The van der Waals surface area contributed by atoms with Crippen LogP contribution in [0.4, 0.5) is 5.69 Å². The molecular formula is C22H33ClN2O3. The molecule has 1 aromatic rings. The fourth-order valence-corrected chi connectivity index (χ4v) is 4.83. The minimum absolute atomic E-state index is 0. The summed E-state index contributed by atoms with van der Waals surface area (Å²) in [5, 5.41) is 0. The molecule has 2 heterocycles. The second-order valence-corrected chi connectivity index (χ2v) is 8.44. The average Bonchev–Trinajstić information content (AvgIpc) is 2.67. The number of piperidine rings is 1. The Bertz CT molecular complexity index is 653. The van der Waals surface area contributed by atoms with E-state index in [9.17, 15) is 9.59 Å². The van der Waals surface area contributed by atoms with Crippen LogP contribution in [0.2, 0.25) is 0 Å². The minimum atomic E-state index is -0.139. The van der Waals surface area contributed by atoms with Crippen molar-refractivity contribution in [1.82, 2.24) is 0 Å². The SMILES string of the molecule is COC(=O)CCCc1ccc(N2CC[N+]3(CC2)CC(C)C(=O)C(C)C3)cc1.[Cl-]. The van der Waals surface area contributed by atoms with E-state index in [1.807, 2.05) is 0 Å². The fraction of sp³-hybridized carbons (Fsp3) is 0.636. The summed E-state index contributed by atoms with van der Waals surface area (Å²) in [4.78, 5) is 25.8. The van der Waals surface area contributed by atoms with Gasteiger partial charge in [-0.1, -0.05) is 26.0 Å². The van der Waals surface area contributed by atoms with Gasteiger partial charge in [0.1, 0.15) is 5.78 Å². The van der Waals surface area contributed by atoms with E-state index in [4.69, 9.17) is 0 Å². The van der Waals surface area contributed by atoms with Crippen molar-refractivity contribution in [3.8, 4) is 0 Å². The normalized spacial score (nSPS) is 24.0. The van der Waals surface area contributed by atoms with E-state index in [1.54, 1.807) is 0 Å². The summed E-state index contributed by atoms with van der Waals surface area (Å²) in [7, 11) is 1.44. The molecule has 156 valence electrons. The van der Waals surface area contributed by atoms with Crippen molar-refractivity contribution < 1.29 is 31.2 Å². The molecule has 6 heteroatoms. The first-order chi connectivity index (χ1) is 12.9. The molecule has 0 aliphatic carbocycles. The van der Waals surface area contributed by atoms with E-state index in [-0.39, 0.29) is 30.2 Å². The molecule has 2 saturated heterocycles. The number of nitrogens with zero attached hydrogens (tertiary/aromatic N) is 2. The standard InChI is InChI=1S/C22H33N2O3.ClH/c1-17-15-24(16-18(2)22(17)26)13-11-23(12-14-24)20-9-7-19(8-10-20)5-4-6-21(25)27-3;/h7-10,17-18H,4-6,11-16H2,1-3H3;1H/q+1;/p-1. The number of methoxy groups -OCH3 is 1. The number of rotatable bonds is 5. The molecule has 0 bridgehead atoms. The zero-order valence-corrected chi connectivity index (χ0v) is 18.1. The molecule has 2 aliphatic heterocycles. The summed E-state index contributed by atoms with van der Waals surface area (Å²) >= 11 is 0. The molecule has 0 aromatic heterocycles. The zero-order valence-electron chi connectivity index (χ0n) is 17.3. The first-order valence-corrected chi connectivity index (χ1v) is 10.2. The summed E-state index contributed by atoms with van der Waals surface area (Å²) in [6, 6.07) is 8.76. The van der Waals surface area contributed by atoms with Gasteiger partial charge in [-0.25, -0.2) is 0 Å². The highest BCUT2D eigenvalue weighted by atomic mass is 35.5. The summed E-state index contributed by atoms with van der Waals surface area (Å²) in [6.45, 7) is 10.6. The van der Waals surface area contributed by atoms with Crippen LogP contribution in [0.15, 0.2) is 24.3 Å². The first kappa shape index (κ1) is 22.7. The molecule has 0 N–H and O–H groups in total. The number of halogens is 1. The lowest BCUT2D eigenvalue weighted by Crippen LogP contribution is -3.00. The van der Waals surface area contributed by atoms with Crippen LogP contribution in [-0.2, 0) is 20.7 Å². The molecular weight excluding hydrogens is 376 g/mol. The third-order valence-electron chi connectivity index (χ3n) is 6.36. The van der Waals surface area contributed by atoms with Gasteiger partial charge in [0.15, 0.2) is 0 Å². The Labute approximate surface area is 175 Å². The molecule has 2 atom stereocenters. The molecule has 3 rings (SSSR count). The molecule has 1 spiro atoms. The number of benzene rings is 1. The number of carbonyl (C=O) groups excluding carboxylic acids is 2. The van der Waals surface area contributed by atoms with E-state index >= 15 is 0 Å². The molecule has 2 fully saturated rings. The molecule has 0 saturated carbocycles. The summed E-state index contributed by atoms with van der Waals surface area (Å²) in [5.74, 6) is 0.707. The Kier molecular flexibility index (Phi) is 7.90. The first-order valence-electron chi connectivity index (χ1n) is 10.2. The van der Waals surface area contributed by atoms with Gasteiger partial charge in [0.05, 0.1) is 58.2 Å². The summed E-state index contributed by atoms with van der Waals surface area (Å²) in [6.07, 6.45) is 2.20. The van der Waals surface area contributed by atoms with E-state index in [0.717, 1.165) is 56.6 Å². The van der Waals surface area contributed by atoms with Crippen LogP contribution in [0.5, 0.6) is 0 Å². The highest BCUT2D eigenvalue weighted by Gasteiger charge is 2.43. The van der Waals surface area contributed by atoms with Crippen molar-refractivity contribution in [1.29, 1.82) is 0 Å². The number of ether oxygens (including phenoxy) is 1. The second kappa shape index (κ2) is 9.75. The van der Waals surface area contributed by atoms with Crippen LogP contribution in [-0.4, -0.2) is 62.6 Å². The third-order valence-corrected chi connectivity index (χ3v) is 6.36. The van der Waals surface area contributed by atoms with Crippen LogP contribution >= 0.6 is 0 Å². The number of piperazine rings is 1. The Hall–Kier alpha value is -1.59. The Morgan fingerprint density at radius 1 is 1.11 bits per heavy atom. The van der Waals surface area contributed by atoms with Crippen molar-refractivity contribution in [3.05, 3.63) is 29.8 Å². The molecule has 0 radical (unpaired) electrons. The number of hydrogen-bond donors (Lipinski definition) is 0. The number of ketones is 1. The van der Waals surface area contributed by atoms with E-state index in [1.165, 1.54) is 18.4 Å². The van der Waals surface area contributed by atoms with E-state index in [0.29, 0.717) is 12.2 Å². The molecule has 28 heavy (non-hydrogen) atoms. The van der Waals surface area contributed by atoms with Crippen molar-refractivity contribution in [2.24, 2.45) is 11.8 Å². The predicted octanol–water partition coefficient (Wildman–Crippen LogP) is -0.322. The smallest absolute Gasteiger partial charge is 0.305 e.